The molecule has 0 radical (unpaired) electrons. The summed E-state index contributed by atoms with van der Waals surface area (Å²) in [6.45, 7) is 0. The molecular formula is C11H11NaO4. The molecule has 0 unspecified atom stereocenters. The van der Waals surface area contributed by atoms with E-state index in [1.165, 1.54) is 14.2 Å². The smallest absolute Gasteiger partial charge is 0.616 e. The summed E-state index contributed by atoms with van der Waals surface area (Å²) in [6, 6.07) is 6.47. The number of rotatable bonds is 4. The zero-order valence-corrected chi connectivity index (χ0v) is 11.5. The number of hydrogen-bond acceptors (Lipinski definition) is 4. The maximum absolute atomic E-state index is 11.4. The Labute approximate surface area is 116 Å². The van der Waals surface area contributed by atoms with Crippen molar-refractivity contribution in [2.45, 2.75) is 0 Å². The second kappa shape index (κ2) is 7.33. The van der Waals surface area contributed by atoms with Crippen molar-refractivity contribution in [2.24, 2.45) is 0 Å². The van der Waals surface area contributed by atoms with Gasteiger partial charge in [-0.25, -0.2) is 0 Å². The SMILES string of the molecule is CO/C([O-])=C/C(=O)c1ccc(OC)cc1.[Na+]. The van der Waals surface area contributed by atoms with Gasteiger partial charge >= 0.3 is 29.6 Å². The first-order valence-corrected chi connectivity index (χ1v) is 4.28. The van der Waals surface area contributed by atoms with Crippen molar-refractivity contribution in [2.75, 3.05) is 14.2 Å². The van der Waals surface area contributed by atoms with Gasteiger partial charge in [0.1, 0.15) is 5.75 Å². The van der Waals surface area contributed by atoms with Crippen LogP contribution in [-0.4, -0.2) is 20.0 Å². The number of carbonyl (C=O) groups excluding carboxylic acids is 1. The van der Waals surface area contributed by atoms with E-state index >= 15 is 0 Å². The molecule has 0 atom stereocenters. The molecule has 1 rings (SSSR count). The molecule has 0 fully saturated rings. The summed E-state index contributed by atoms with van der Waals surface area (Å²) in [5, 5.41) is 10.8. The monoisotopic (exact) mass is 230 g/mol. The number of ether oxygens (including phenoxy) is 2. The van der Waals surface area contributed by atoms with Crippen molar-refractivity contribution in [3.8, 4) is 5.75 Å². The molecule has 0 heterocycles. The van der Waals surface area contributed by atoms with E-state index in [0.29, 0.717) is 11.3 Å². The molecule has 0 bridgehead atoms. The molecule has 0 aromatic heterocycles. The first-order valence-electron chi connectivity index (χ1n) is 4.28. The van der Waals surface area contributed by atoms with Crippen molar-refractivity contribution in [1.29, 1.82) is 0 Å². The Morgan fingerprint density at radius 2 is 1.81 bits per heavy atom. The zero-order valence-electron chi connectivity index (χ0n) is 9.52. The van der Waals surface area contributed by atoms with Gasteiger partial charge in [0, 0.05) is 11.6 Å². The quantitative estimate of drug-likeness (QED) is 0.253. The average Bonchev–Trinajstić information content (AvgIpc) is 2.29. The Balaban J connectivity index is 0.00000225. The molecule has 0 aliphatic carbocycles. The molecule has 0 aliphatic rings. The van der Waals surface area contributed by atoms with Gasteiger partial charge in [0.15, 0.2) is 5.78 Å². The van der Waals surface area contributed by atoms with Crippen molar-refractivity contribution >= 4 is 5.78 Å². The Bertz CT molecular complexity index is 370. The second-order valence-electron chi connectivity index (χ2n) is 2.76. The zero-order chi connectivity index (χ0) is 11.3. The van der Waals surface area contributed by atoms with Gasteiger partial charge in [-0.3, -0.25) is 4.79 Å². The molecule has 1 aromatic carbocycles. The topological polar surface area (TPSA) is 58.6 Å². The van der Waals surface area contributed by atoms with Gasteiger partial charge in [0.2, 0.25) is 0 Å². The second-order valence-corrected chi connectivity index (χ2v) is 2.76. The maximum Gasteiger partial charge on any atom is 1.00 e. The van der Waals surface area contributed by atoms with Crippen LogP contribution in [0, 0.1) is 0 Å². The fraction of sp³-hybridized carbons (Fsp3) is 0.182. The fourth-order valence-electron chi connectivity index (χ4n) is 1.00. The van der Waals surface area contributed by atoms with E-state index in [1.54, 1.807) is 24.3 Å². The van der Waals surface area contributed by atoms with Crippen LogP contribution in [0.25, 0.3) is 0 Å². The third-order valence-corrected chi connectivity index (χ3v) is 1.82. The van der Waals surface area contributed by atoms with Crippen LogP contribution in [0.3, 0.4) is 0 Å². The minimum atomic E-state index is -0.657. The molecule has 0 amide bonds. The Hall–Kier alpha value is -0.970. The fourth-order valence-corrected chi connectivity index (χ4v) is 1.00. The minimum absolute atomic E-state index is 0. The van der Waals surface area contributed by atoms with Gasteiger partial charge in [-0.2, -0.15) is 0 Å². The van der Waals surface area contributed by atoms with Crippen LogP contribution in [0.5, 0.6) is 5.75 Å². The predicted octanol–water partition coefficient (Wildman–Crippen LogP) is -2.27. The van der Waals surface area contributed by atoms with Gasteiger partial charge < -0.3 is 14.6 Å². The molecule has 4 nitrogen and oxygen atoms in total. The van der Waals surface area contributed by atoms with Crippen LogP contribution < -0.4 is 39.4 Å². The average molecular weight is 230 g/mol. The van der Waals surface area contributed by atoms with Crippen LogP contribution >= 0.6 is 0 Å². The summed E-state index contributed by atoms with van der Waals surface area (Å²) in [5.41, 5.74) is 0.418. The molecule has 16 heavy (non-hydrogen) atoms. The molecular weight excluding hydrogens is 219 g/mol. The number of ketones is 1. The van der Waals surface area contributed by atoms with Crippen LogP contribution in [-0.2, 0) is 4.74 Å². The van der Waals surface area contributed by atoms with E-state index in [4.69, 9.17) is 4.74 Å². The molecule has 5 heteroatoms. The van der Waals surface area contributed by atoms with Gasteiger partial charge in [-0.15, -0.1) is 0 Å². The molecule has 0 saturated heterocycles. The Morgan fingerprint density at radius 3 is 2.25 bits per heavy atom. The molecule has 1 aromatic rings. The van der Waals surface area contributed by atoms with E-state index in [1.807, 2.05) is 0 Å². The third kappa shape index (κ3) is 4.26. The summed E-state index contributed by atoms with van der Waals surface area (Å²) in [6.07, 6.45) is 0.905. The number of hydrogen-bond donors (Lipinski definition) is 0. The van der Waals surface area contributed by atoms with Crippen molar-refractivity contribution < 1.29 is 48.9 Å². The predicted molar refractivity (Wildman–Crippen MR) is 52.4 cm³/mol. The summed E-state index contributed by atoms with van der Waals surface area (Å²) < 4.78 is 9.29. The van der Waals surface area contributed by atoms with Crippen LogP contribution in [0.15, 0.2) is 36.3 Å². The Morgan fingerprint density at radius 1 is 1.25 bits per heavy atom. The van der Waals surface area contributed by atoms with E-state index < -0.39 is 5.95 Å². The minimum Gasteiger partial charge on any atom is -0.616 e. The first kappa shape index (κ1) is 15.0. The van der Waals surface area contributed by atoms with E-state index in [-0.39, 0.29) is 35.3 Å². The number of carbonyl (C=O) groups is 1. The van der Waals surface area contributed by atoms with Crippen molar-refractivity contribution in [1.82, 2.24) is 0 Å². The van der Waals surface area contributed by atoms with Gasteiger partial charge in [-0.1, -0.05) is 0 Å². The van der Waals surface area contributed by atoms with Gasteiger partial charge in [0.05, 0.1) is 13.1 Å². The number of allylic oxidation sites excluding steroid dienone is 1. The van der Waals surface area contributed by atoms with Crippen molar-refractivity contribution in [3.63, 3.8) is 0 Å². The first-order chi connectivity index (χ1) is 7.17. The molecule has 0 saturated carbocycles. The van der Waals surface area contributed by atoms with Crippen LogP contribution in [0.1, 0.15) is 10.4 Å². The summed E-state index contributed by atoms with van der Waals surface area (Å²) in [5.74, 6) is -0.384. The maximum atomic E-state index is 11.4. The van der Waals surface area contributed by atoms with Gasteiger partial charge in [-0.05, 0) is 31.4 Å². The molecule has 0 aliphatic heterocycles. The summed E-state index contributed by atoms with van der Waals surface area (Å²) in [4.78, 5) is 11.4. The Kier molecular flexibility index (Phi) is 6.88. The van der Waals surface area contributed by atoms with Crippen molar-refractivity contribution in [3.05, 3.63) is 41.9 Å². The van der Waals surface area contributed by atoms with Crippen LogP contribution in [0.4, 0.5) is 0 Å². The summed E-state index contributed by atoms with van der Waals surface area (Å²) in [7, 11) is 2.76. The van der Waals surface area contributed by atoms with Gasteiger partial charge in [0.25, 0.3) is 0 Å². The molecule has 80 valence electrons. The summed E-state index contributed by atoms with van der Waals surface area (Å²) >= 11 is 0. The third-order valence-electron chi connectivity index (χ3n) is 1.82. The van der Waals surface area contributed by atoms with E-state index in [2.05, 4.69) is 4.74 Å². The standard InChI is InChI=1S/C11H12O4.Na/c1-14-9-5-3-8(4-6-9)10(12)7-11(13)15-2;/h3-7,13H,1-2H3;/q;+1/p-1/b11-7+;. The number of methoxy groups -OCH3 is 2. The molecule has 0 N–H and O–H groups in total. The van der Waals surface area contributed by atoms with E-state index in [0.717, 1.165) is 6.08 Å². The van der Waals surface area contributed by atoms with E-state index in [9.17, 15) is 9.90 Å². The number of benzene rings is 1. The normalized spacial score (nSPS) is 10.2. The largest absolute Gasteiger partial charge is 1.00 e. The molecule has 0 spiro atoms. The van der Waals surface area contributed by atoms with Crippen LogP contribution in [0.2, 0.25) is 0 Å².